The number of hydrogen-bond donors (Lipinski definition) is 3. The number of H-pyrrole nitrogens is 1. The Morgan fingerprint density at radius 1 is 1.37 bits per heavy atom. The Hall–Kier alpha value is -2.05. The maximum absolute atomic E-state index is 11.9. The maximum Gasteiger partial charge on any atom is 0.256 e. The average Bonchev–Trinajstić information content (AvgIpc) is 2.70. The fourth-order valence-electron chi connectivity index (χ4n) is 1.84. The van der Waals surface area contributed by atoms with E-state index in [0.29, 0.717) is 24.3 Å². The SMILES string of the molecule is CCN(CC)C(=O)CCNC(=O)c1c(N)n[nH]c1C. The number of hydrogen-bond acceptors (Lipinski definition) is 4. The number of aryl methyl sites for hydroxylation is 1. The van der Waals surface area contributed by atoms with Crippen molar-refractivity contribution in [3.63, 3.8) is 0 Å². The Bertz CT molecular complexity index is 431. The minimum Gasteiger partial charge on any atom is -0.382 e. The molecular formula is C12H21N5O2. The predicted molar refractivity (Wildman–Crippen MR) is 72.6 cm³/mol. The van der Waals surface area contributed by atoms with Gasteiger partial charge in [-0.05, 0) is 20.8 Å². The van der Waals surface area contributed by atoms with E-state index in [4.69, 9.17) is 5.73 Å². The van der Waals surface area contributed by atoms with E-state index in [0.717, 1.165) is 0 Å². The largest absolute Gasteiger partial charge is 0.382 e. The van der Waals surface area contributed by atoms with Crippen LogP contribution in [0, 0.1) is 6.92 Å². The number of aromatic nitrogens is 2. The number of aromatic amines is 1. The van der Waals surface area contributed by atoms with Gasteiger partial charge >= 0.3 is 0 Å². The molecule has 19 heavy (non-hydrogen) atoms. The van der Waals surface area contributed by atoms with E-state index in [-0.39, 0.29) is 30.6 Å². The fraction of sp³-hybridized carbons (Fsp3) is 0.583. The summed E-state index contributed by atoms with van der Waals surface area (Å²) in [5, 5.41) is 9.07. The van der Waals surface area contributed by atoms with Crippen LogP contribution in [0.3, 0.4) is 0 Å². The van der Waals surface area contributed by atoms with Gasteiger partial charge < -0.3 is 16.0 Å². The number of amides is 2. The third-order valence-electron chi connectivity index (χ3n) is 2.94. The summed E-state index contributed by atoms with van der Waals surface area (Å²) >= 11 is 0. The van der Waals surface area contributed by atoms with Crippen molar-refractivity contribution < 1.29 is 9.59 Å². The molecule has 0 bridgehead atoms. The molecular weight excluding hydrogens is 246 g/mol. The lowest BCUT2D eigenvalue weighted by Crippen LogP contribution is -2.34. The van der Waals surface area contributed by atoms with E-state index < -0.39 is 0 Å². The van der Waals surface area contributed by atoms with Crippen molar-refractivity contribution in [2.45, 2.75) is 27.2 Å². The molecule has 0 atom stereocenters. The third-order valence-corrected chi connectivity index (χ3v) is 2.94. The Kier molecular flexibility index (Phi) is 5.35. The first-order valence-electron chi connectivity index (χ1n) is 6.37. The van der Waals surface area contributed by atoms with Gasteiger partial charge in [-0.25, -0.2) is 0 Å². The van der Waals surface area contributed by atoms with Gasteiger partial charge in [0.1, 0.15) is 5.56 Å². The molecule has 0 unspecified atom stereocenters. The van der Waals surface area contributed by atoms with Gasteiger partial charge in [-0.2, -0.15) is 5.10 Å². The molecule has 2 amide bonds. The quantitative estimate of drug-likeness (QED) is 0.689. The van der Waals surface area contributed by atoms with E-state index in [1.54, 1.807) is 11.8 Å². The molecule has 0 spiro atoms. The number of nitrogen functional groups attached to an aromatic ring is 1. The highest BCUT2D eigenvalue weighted by molar-refractivity contribution is 5.99. The Balaban J connectivity index is 2.46. The zero-order chi connectivity index (χ0) is 14.4. The molecule has 0 aliphatic carbocycles. The normalized spacial score (nSPS) is 10.3. The summed E-state index contributed by atoms with van der Waals surface area (Å²) in [5.74, 6) is -0.108. The second-order valence-electron chi connectivity index (χ2n) is 4.18. The minimum atomic E-state index is -0.309. The summed E-state index contributed by atoms with van der Waals surface area (Å²) in [6.07, 6.45) is 0.282. The number of nitrogens with one attached hydrogen (secondary N) is 2. The molecule has 1 aromatic rings. The van der Waals surface area contributed by atoms with Crippen molar-refractivity contribution in [3.05, 3.63) is 11.3 Å². The summed E-state index contributed by atoms with van der Waals surface area (Å²) < 4.78 is 0. The number of anilines is 1. The van der Waals surface area contributed by atoms with Crippen LogP contribution in [0.15, 0.2) is 0 Å². The molecule has 0 saturated carbocycles. The van der Waals surface area contributed by atoms with E-state index in [1.807, 2.05) is 13.8 Å². The molecule has 1 aromatic heterocycles. The molecule has 1 rings (SSSR count). The highest BCUT2D eigenvalue weighted by Gasteiger charge is 2.16. The van der Waals surface area contributed by atoms with Gasteiger partial charge in [0.2, 0.25) is 5.91 Å². The van der Waals surface area contributed by atoms with Gasteiger partial charge in [0.15, 0.2) is 5.82 Å². The number of carbonyl (C=O) groups is 2. The van der Waals surface area contributed by atoms with Crippen molar-refractivity contribution in [1.82, 2.24) is 20.4 Å². The molecule has 0 aromatic carbocycles. The molecule has 0 radical (unpaired) electrons. The molecule has 0 aliphatic heterocycles. The highest BCUT2D eigenvalue weighted by Crippen LogP contribution is 2.11. The fourth-order valence-corrected chi connectivity index (χ4v) is 1.84. The minimum absolute atomic E-state index is 0.0298. The first-order chi connectivity index (χ1) is 9.01. The summed E-state index contributed by atoms with van der Waals surface area (Å²) in [4.78, 5) is 25.3. The monoisotopic (exact) mass is 267 g/mol. The van der Waals surface area contributed by atoms with Crippen LogP contribution in [0.1, 0.15) is 36.3 Å². The number of carbonyl (C=O) groups excluding carboxylic acids is 2. The van der Waals surface area contributed by atoms with E-state index in [2.05, 4.69) is 15.5 Å². The average molecular weight is 267 g/mol. The first kappa shape index (κ1) is 15.0. The van der Waals surface area contributed by atoms with E-state index in [9.17, 15) is 9.59 Å². The summed E-state index contributed by atoms with van der Waals surface area (Å²) in [6.45, 7) is 7.22. The highest BCUT2D eigenvalue weighted by atomic mass is 16.2. The van der Waals surface area contributed by atoms with Gasteiger partial charge in [0, 0.05) is 31.7 Å². The lowest BCUT2D eigenvalue weighted by atomic mass is 10.2. The Morgan fingerprint density at radius 3 is 2.47 bits per heavy atom. The number of nitrogens with two attached hydrogens (primary N) is 1. The smallest absolute Gasteiger partial charge is 0.256 e. The van der Waals surface area contributed by atoms with Crippen LogP contribution in [-0.2, 0) is 4.79 Å². The Labute approximate surface area is 112 Å². The van der Waals surface area contributed by atoms with E-state index in [1.165, 1.54) is 0 Å². The van der Waals surface area contributed by atoms with Gasteiger partial charge in [0.25, 0.3) is 5.91 Å². The Morgan fingerprint density at radius 2 is 2.00 bits per heavy atom. The lowest BCUT2D eigenvalue weighted by molar-refractivity contribution is -0.130. The topological polar surface area (TPSA) is 104 Å². The van der Waals surface area contributed by atoms with Crippen LogP contribution in [0.25, 0.3) is 0 Å². The lowest BCUT2D eigenvalue weighted by Gasteiger charge is -2.18. The van der Waals surface area contributed by atoms with Crippen molar-refractivity contribution in [3.8, 4) is 0 Å². The van der Waals surface area contributed by atoms with E-state index >= 15 is 0 Å². The zero-order valence-electron chi connectivity index (χ0n) is 11.6. The molecule has 0 fully saturated rings. The molecule has 7 nitrogen and oxygen atoms in total. The third kappa shape index (κ3) is 3.70. The molecule has 0 saturated heterocycles. The van der Waals surface area contributed by atoms with Crippen LogP contribution in [0.5, 0.6) is 0 Å². The van der Waals surface area contributed by atoms with Crippen molar-refractivity contribution in [1.29, 1.82) is 0 Å². The van der Waals surface area contributed by atoms with Crippen molar-refractivity contribution >= 4 is 17.6 Å². The molecule has 106 valence electrons. The second-order valence-corrected chi connectivity index (χ2v) is 4.18. The van der Waals surface area contributed by atoms with Crippen LogP contribution in [-0.4, -0.2) is 46.5 Å². The van der Waals surface area contributed by atoms with Crippen LogP contribution in [0.4, 0.5) is 5.82 Å². The summed E-state index contributed by atoms with van der Waals surface area (Å²) in [5.41, 5.74) is 6.55. The van der Waals surface area contributed by atoms with Crippen LogP contribution >= 0.6 is 0 Å². The number of nitrogens with zero attached hydrogens (tertiary/aromatic N) is 2. The van der Waals surface area contributed by atoms with Crippen LogP contribution in [0.2, 0.25) is 0 Å². The van der Waals surface area contributed by atoms with Crippen molar-refractivity contribution in [2.24, 2.45) is 0 Å². The predicted octanol–water partition coefficient (Wildman–Crippen LogP) is 0.289. The standard InChI is InChI=1S/C12H21N5O2/c1-4-17(5-2)9(18)6-7-14-12(19)10-8(3)15-16-11(10)13/h4-7H2,1-3H3,(H,14,19)(H3,13,15,16). The number of rotatable bonds is 6. The van der Waals surface area contributed by atoms with Gasteiger partial charge in [-0.15, -0.1) is 0 Å². The first-order valence-corrected chi connectivity index (χ1v) is 6.37. The van der Waals surface area contributed by atoms with Gasteiger partial charge in [-0.3, -0.25) is 14.7 Å². The molecule has 4 N–H and O–H groups in total. The second kappa shape index (κ2) is 6.77. The molecule has 7 heteroatoms. The molecule has 1 heterocycles. The van der Waals surface area contributed by atoms with Gasteiger partial charge in [0.05, 0.1) is 0 Å². The zero-order valence-corrected chi connectivity index (χ0v) is 11.6. The van der Waals surface area contributed by atoms with Crippen molar-refractivity contribution in [2.75, 3.05) is 25.4 Å². The summed E-state index contributed by atoms with van der Waals surface area (Å²) in [6, 6.07) is 0. The summed E-state index contributed by atoms with van der Waals surface area (Å²) in [7, 11) is 0. The maximum atomic E-state index is 11.9. The van der Waals surface area contributed by atoms with Crippen LogP contribution < -0.4 is 11.1 Å². The van der Waals surface area contributed by atoms with Gasteiger partial charge in [-0.1, -0.05) is 0 Å². The molecule has 0 aliphatic rings.